The zero-order valence-electron chi connectivity index (χ0n) is 58.8. The zero-order chi connectivity index (χ0) is 65.5. The number of hydrogen-bond acceptors (Lipinski definition) is 7. The summed E-state index contributed by atoms with van der Waals surface area (Å²) in [6.45, 7) is 4.29. The molecule has 0 amide bonds. The van der Waals surface area contributed by atoms with Crippen molar-refractivity contribution in [2.24, 2.45) is 0 Å². The van der Waals surface area contributed by atoms with Crippen LogP contribution in [0, 0.1) is 0 Å². The molecule has 0 heterocycles. The van der Waals surface area contributed by atoms with Crippen molar-refractivity contribution >= 4 is 19.8 Å². The normalized spacial score (nSPS) is 13.9. The Kier molecular flexibility index (Phi) is 66.5. The van der Waals surface area contributed by atoms with Crippen molar-refractivity contribution in [3.63, 3.8) is 0 Å². The molecule has 9 nitrogen and oxygen atoms in total. The van der Waals surface area contributed by atoms with Gasteiger partial charge in [-0.15, -0.1) is 0 Å². The van der Waals surface area contributed by atoms with Gasteiger partial charge in [0.05, 0.1) is 27.7 Å². The maximum absolute atomic E-state index is 12.9. The maximum atomic E-state index is 12.9. The molecule has 1 N–H and O–H groups in total. The molecular formula is C80H139NO8P+. The molecule has 0 bridgehead atoms. The number of rotatable bonds is 67. The van der Waals surface area contributed by atoms with Gasteiger partial charge in [-0.05, 0) is 116 Å². The van der Waals surface area contributed by atoms with Crippen LogP contribution in [-0.4, -0.2) is 74.9 Å². The highest BCUT2D eigenvalue weighted by molar-refractivity contribution is 7.47. The van der Waals surface area contributed by atoms with Crippen LogP contribution < -0.4 is 0 Å². The second-order valence-electron chi connectivity index (χ2n) is 25.6. The minimum absolute atomic E-state index is 0.0207. The van der Waals surface area contributed by atoms with E-state index in [2.05, 4.69) is 148 Å². The van der Waals surface area contributed by atoms with Crippen molar-refractivity contribution in [3.8, 4) is 0 Å². The molecule has 0 aliphatic heterocycles. The van der Waals surface area contributed by atoms with Crippen molar-refractivity contribution in [3.05, 3.63) is 134 Å². The first-order valence-corrected chi connectivity index (χ1v) is 38.4. The molecule has 0 spiro atoms. The van der Waals surface area contributed by atoms with Crippen molar-refractivity contribution in [1.29, 1.82) is 0 Å². The fourth-order valence-electron chi connectivity index (χ4n) is 10.0. The molecule has 0 saturated heterocycles. The topological polar surface area (TPSA) is 108 Å². The van der Waals surface area contributed by atoms with Crippen LogP contribution in [0.5, 0.6) is 0 Å². The van der Waals surface area contributed by atoms with Gasteiger partial charge in [-0.3, -0.25) is 18.6 Å². The number of quaternary nitrogens is 1. The Morgan fingerprint density at radius 3 is 0.944 bits per heavy atom. The van der Waals surface area contributed by atoms with Crippen LogP contribution >= 0.6 is 7.82 Å². The number of unbranched alkanes of at least 4 members (excludes halogenated alkanes) is 31. The first kappa shape index (κ1) is 86.2. The lowest BCUT2D eigenvalue weighted by atomic mass is 10.0. The van der Waals surface area contributed by atoms with Crippen molar-refractivity contribution < 1.29 is 42.1 Å². The molecule has 0 radical (unpaired) electrons. The highest BCUT2D eigenvalue weighted by Crippen LogP contribution is 2.43. The van der Waals surface area contributed by atoms with E-state index in [1.54, 1.807) is 0 Å². The average molecular weight is 1270 g/mol. The van der Waals surface area contributed by atoms with Crippen LogP contribution in [-0.2, 0) is 32.7 Å². The Hall–Kier alpha value is -3.85. The molecule has 0 aromatic carbocycles. The highest BCUT2D eigenvalue weighted by Gasteiger charge is 2.27. The Labute approximate surface area is 555 Å². The van der Waals surface area contributed by atoms with Crippen LogP contribution in [0.2, 0.25) is 0 Å². The number of carbonyl (C=O) groups excluding carboxylic acids is 2. The van der Waals surface area contributed by atoms with E-state index >= 15 is 0 Å². The number of esters is 2. The summed E-state index contributed by atoms with van der Waals surface area (Å²) in [6.07, 6.45) is 101. The lowest BCUT2D eigenvalue weighted by Gasteiger charge is -2.24. The van der Waals surface area contributed by atoms with Crippen molar-refractivity contribution in [1.82, 2.24) is 0 Å². The molecule has 516 valence electrons. The smallest absolute Gasteiger partial charge is 0.462 e. The van der Waals surface area contributed by atoms with E-state index in [0.717, 1.165) is 109 Å². The summed E-state index contributed by atoms with van der Waals surface area (Å²) in [5, 5.41) is 0. The fourth-order valence-corrected chi connectivity index (χ4v) is 10.8. The molecule has 0 rings (SSSR count). The van der Waals surface area contributed by atoms with Crippen LogP contribution in [0.3, 0.4) is 0 Å². The molecule has 10 heteroatoms. The molecule has 0 aliphatic carbocycles. The number of carbonyl (C=O) groups is 2. The largest absolute Gasteiger partial charge is 0.472 e. The monoisotopic (exact) mass is 1270 g/mol. The SMILES string of the molecule is CC/C=C\C/C=C\C/C=C\C/C=C\C/C=C\C/C=C\C/C=C\C/C=C\CCCCCCC(=O)OC(COC(=O)CCCCCCCCCCCCCCCCCCCCCCCC/C=C\C/C=C\C/C=C\CCCCCCC)COP(=O)(O)OCC[N+](C)(C)C. The number of nitrogens with zero attached hydrogens (tertiary/aromatic N) is 1. The molecule has 0 saturated carbocycles. The molecule has 0 aliphatic rings. The van der Waals surface area contributed by atoms with Crippen molar-refractivity contribution in [2.45, 2.75) is 315 Å². The third kappa shape index (κ3) is 73.2. The van der Waals surface area contributed by atoms with Crippen LogP contribution in [0.25, 0.3) is 0 Å². The number of allylic oxidation sites excluding steroid dienone is 22. The Morgan fingerprint density at radius 1 is 0.356 bits per heavy atom. The van der Waals surface area contributed by atoms with Gasteiger partial charge < -0.3 is 18.9 Å². The first-order valence-electron chi connectivity index (χ1n) is 36.9. The number of likely N-dealkylation sites (N-methyl/N-ethyl adjacent to an activating group) is 1. The third-order valence-corrected chi connectivity index (χ3v) is 16.6. The molecule has 0 fully saturated rings. The summed E-state index contributed by atoms with van der Waals surface area (Å²) < 4.78 is 34.7. The maximum Gasteiger partial charge on any atom is 0.472 e. The number of phosphoric ester groups is 1. The molecule has 2 unspecified atom stereocenters. The average Bonchev–Trinajstić information content (AvgIpc) is 3.58. The van der Waals surface area contributed by atoms with E-state index < -0.39 is 26.5 Å². The molecule has 90 heavy (non-hydrogen) atoms. The van der Waals surface area contributed by atoms with Gasteiger partial charge in [0.2, 0.25) is 0 Å². The molecule has 0 aromatic rings. The van der Waals surface area contributed by atoms with E-state index in [9.17, 15) is 19.0 Å². The van der Waals surface area contributed by atoms with E-state index in [1.807, 2.05) is 21.1 Å². The third-order valence-electron chi connectivity index (χ3n) is 15.7. The predicted molar refractivity (Wildman–Crippen MR) is 390 cm³/mol. The molecular weight excluding hydrogens is 1130 g/mol. The van der Waals surface area contributed by atoms with Crippen LogP contribution in [0.4, 0.5) is 0 Å². The van der Waals surface area contributed by atoms with Gasteiger partial charge in [-0.2, -0.15) is 0 Å². The summed E-state index contributed by atoms with van der Waals surface area (Å²) in [5.41, 5.74) is 0. The minimum Gasteiger partial charge on any atom is -0.462 e. The minimum atomic E-state index is -4.41. The molecule has 2 atom stereocenters. The zero-order valence-corrected chi connectivity index (χ0v) is 59.7. The van der Waals surface area contributed by atoms with Crippen LogP contribution in [0.1, 0.15) is 309 Å². The van der Waals surface area contributed by atoms with E-state index in [0.29, 0.717) is 17.4 Å². The number of hydrogen-bond donors (Lipinski definition) is 1. The van der Waals surface area contributed by atoms with Crippen LogP contribution in [0.15, 0.2) is 134 Å². The highest BCUT2D eigenvalue weighted by atomic mass is 31.2. The fraction of sp³-hybridized carbons (Fsp3) is 0.700. The van der Waals surface area contributed by atoms with Gasteiger partial charge in [-0.1, -0.05) is 314 Å². The lowest BCUT2D eigenvalue weighted by molar-refractivity contribution is -0.870. The van der Waals surface area contributed by atoms with E-state index in [4.69, 9.17) is 18.5 Å². The Morgan fingerprint density at radius 2 is 0.633 bits per heavy atom. The van der Waals surface area contributed by atoms with E-state index in [-0.39, 0.29) is 32.0 Å². The van der Waals surface area contributed by atoms with Crippen molar-refractivity contribution in [2.75, 3.05) is 47.5 Å². The van der Waals surface area contributed by atoms with Gasteiger partial charge in [0.15, 0.2) is 6.10 Å². The second-order valence-corrected chi connectivity index (χ2v) is 27.0. The lowest BCUT2D eigenvalue weighted by Crippen LogP contribution is -2.37. The van der Waals surface area contributed by atoms with Gasteiger partial charge in [0, 0.05) is 12.8 Å². The summed E-state index contributed by atoms with van der Waals surface area (Å²) >= 11 is 0. The first-order chi connectivity index (χ1) is 44.0. The summed E-state index contributed by atoms with van der Waals surface area (Å²) in [7, 11) is 1.45. The Bertz CT molecular complexity index is 1980. The van der Waals surface area contributed by atoms with E-state index in [1.165, 1.54) is 167 Å². The quantitative estimate of drug-likeness (QED) is 0.0211. The van der Waals surface area contributed by atoms with Gasteiger partial charge in [0.25, 0.3) is 0 Å². The summed E-state index contributed by atoms with van der Waals surface area (Å²) in [4.78, 5) is 35.9. The number of ether oxygens (including phenoxy) is 2. The van der Waals surface area contributed by atoms with Gasteiger partial charge in [-0.25, -0.2) is 4.57 Å². The number of phosphoric acid groups is 1. The predicted octanol–water partition coefficient (Wildman–Crippen LogP) is 24.4. The second kappa shape index (κ2) is 69.5. The van der Waals surface area contributed by atoms with Gasteiger partial charge >= 0.3 is 19.8 Å². The summed E-state index contributed by atoms with van der Waals surface area (Å²) in [6, 6.07) is 0. The standard InChI is InChI=1S/C80H138NO8P/c1-6-8-10-12-14-16-18-20-22-24-26-28-30-32-34-36-37-38-39-40-41-42-43-45-46-48-50-52-54-56-58-60-62-64-66-68-70-72-79(82)86-76-78(77-88-90(84,85)87-75-74-81(3,4)5)89-80(83)73-71-69-67-65-63-61-59-57-55-53-51-49-47-44-35-33-31-29-27-25-23-21-19-17-15-13-11-9-7-2/h9,11,15,17-18,20-21,23-24,26-27,29-30,32-33,35,47,49,53,55,59,61,78H,6-8,10,12-14,16,19,22,25,28,31,34,36-46,48,50-52,54,56-58,60,62-77H2,1-5H3/p+1/b11-9-,17-15-,20-18-,23-21-,26-24-,29-27-,32-30-,35-33-,49-47-,55-53-,61-59-. The Balaban J connectivity index is 4.06. The summed E-state index contributed by atoms with van der Waals surface area (Å²) in [5.74, 6) is -0.825. The molecule has 0 aromatic heterocycles. The van der Waals surface area contributed by atoms with Gasteiger partial charge in [0.1, 0.15) is 19.8 Å².